The molecular formula is C36H30F4N4O5. The molecular weight excluding hydrogens is 644 g/mol. The molecule has 0 unspecified atom stereocenters. The quantitative estimate of drug-likeness (QED) is 0.151. The standard InChI is InChI=1S/C36H30F4N4O5/c37-35(38)36(39,40)47-30-14-13-26(41-33(45)28-18-31(48-43-28)24-11-9-20-5-1-3-7-22(20)15-24)17-27(30)42-34(46)29-19-32(49-44-29)25-12-10-21-6-2-4-8-23(21)16-25/h9-19,35H,1-8H2,(H,41,45)(H,42,46). The summed E-state index contributed by atoms with van der Waals surface area (Å²) in [7, 11) is 0. The van der Waals surface area contributed by atoms with E-state index in [0.29, 0.717) is 17.1 Å². The lowest BCUT2D eigenvalue weighted by Crippen LogP contribution is -2.33. The minimum Gasteiger partial charge on any atom is -0.426 e. The predicted octanol–water partition coefficient (Wildman–Crippen LogP) is 8.50. The van der Waals surface area contributed by atoms with Crippen LogP contribution >= 0.6 is 0 Å². The highest BCUT2D eigenvalue weighted by atomic mass is 19.3. The molecule has 2 aliphatic carbocycles. The first-order valence-electron chi connectivity index (χ1n) is 15.9. The lowest BCUT2D eigenvalue weighted by atomic mass is 9.90. The van der Waals surface area contributed by atoms with E-state index in [0.717, 1.165) is 75.1 Å². The Kier molecular flexibility index (Phi) is 8.66. The van der Waals surface area contributed by atoms with Gasteiger partial charge in [-0.1, -0.05) is 34.6 Å². The summed E-state index contributed by atoms with van der Waals surface area (Å²) in [5, 5.41) is 12.6. The maximum Gasteiger partial charge on any atom is 0.461 e. The molecule has 2 aliphatic rings. The highest BCUT2D eigenvalue weighted by Gasteiger charge is 2.44. The Balaban J connectivity index is 1.10. The fourth-order valence-electron chi connectivity index (χ4n) is 6.18. The first kappa shape index (κ1) is 32.1. The summed E-state index contributed by atoms with van der Waals surface area (Å²) in [4.78, 5) is 26.3. The number of hydrogen-bond acceptors (Lipinski definition) is 7. The van der Waals surface area contributed by atoms with Gasteiger partial charge < -0.3 is 24.4 Å². The average molecular weight is 675 g/mol. The van der Waals surface area contributed by atoms with Gasteiger partial charge in [-0.05, 0) is 104 Å². The maximum atomic E-state index is 14.0. The fraction of sp³-hybridized carbons (Fsp3) is 0.278. The molecule has 0 radical (unpaired) electrons. The number of benzene rings is 3. The molecule has 2 N–H and O–H groups in total. The average Bonchev–Trinajstić information content (AvgIpc) is 3.80. The fourth-order valence-corrected chi connectivity index (χ4v) is 6.18. The number of aryl methyl sites for hydroxylation is 4. The van der Waals surface area contributed by atoms with Crippen molar-refractivity contribution in [2.45, 2.75) is 63.9 Å². The van der Waals surface area contributed by atoms with Gasteiger partial charge >= 0.3 is 12.5 Å². The zero-order valence-corrected chi connectivity index (χ0v) is 26.0. The Morgan fingerprint density at radius 2 is 1.18 bits per heavy atom. The van der Waals surface area contributed by atoms with Gasteiger partial charge in [0, 0.05) is 28.9 Å². The van der Waals surface area contributed by atoms with Gasteiger partial charge in [-0.2, -0.15) is 17.6 Å². The van der Waals surface area contributed by atoms with Crippen molar-refractivity contribution in [2.24, 2.45) is 0 Å². The monoisotopic (exact) mass is 674 g/mol. The molecule has 0 atom stereocenters. The first-order chi connectivity index (χ1) is 23.6. The van der Waals surface area contributed by atoms with Crippen molar-refractivity contribution in [1.29, 1.82) is 0 Å². The van der Waals surface area contributed by atoms with E-state index in [2.05, 4.69) is 25.7 Å². The number of nitrogens with zero attached hydrogens (tertiary/aromatic N) is 2. The van der Waals surface area contributed by atoms with E-state index in [1.165, 1.54) is 34.4 Å². The SMILES string of the molecule is O=C(Nc1ccc(OC(F)(F)C(F)F)c(NC(=O)c2cc(-c3ccc4c(c3)CCCC4)on2)c1)c1cc(-c2ccc3c(c2)CCCC3)on1. The number of fused-ring (bicyclic) bond motifs is 2. The number of carbonyl (C=O) groups is 2. The van der Waals surface area contributed by atoms with Crippen LogP contribution in [-0.2, 0) is 25.7 Å². The third-order valence-electron chi connectivity index (χ3n) is 8.74. The molecule has 2 amide bonds. The van der Waals surface area contributed by atoms with Gasteiger partial charge in [-0.3, -0.25) is 9.59 Å². The summed E-state index contributed by atoms with van der Waals surface area (Å²) in [5.74, 6) is -1.68. The minimum absolute atomic E-state index is 0.0150. The van der Waals surface area contributed by atoms with Crippen LogP contribution in [0.25, 0.3) is 22.6 Å². The van der Waals surface area contributed by atoms with Crippen LogP contribution in [0.5, 0.6) is 5.75 Å². The summed E-state index contributed by atoms with van der Waals surface area (Å²) < 4.78 is 69.1. The second kappa shape index (κ2) is 13.2. The zero-order valence-electron chi connectivity index (χ0n) is 26.0. The highest BCUT2D eigenvalue weighted by Crippen LogP contribution is 2.36. The van der Waals surface area contributed by atoms with Crippen molar-refractivity contribution < 1.29 is 40.9 Å². The summed E-state index contributed by atoms with van der Waals surface area (Å²) in [5.41, 5.74) is 5.73. The van der Waals surface area contributed by atoms with E-state index in [1.54, 1.807) is 0 Å². The van der Waals surface area contributed by atoms with Gasteiger partial charge in [-0.25, -0.2) is 0 Å². The van der Waals surface area contributed by atoms with E-state index >= 15 is 0 Å². The Labute approximate surface area is 277 Å². The van der Waals surface area contributed by atoms with Crippen molar-refractivity contribution in [1.82, 2.24) is 10.3 Å². The summed E-state index contributed by atoms with van der Waals surface area (Å²) in [6.45, 7) is 0. The Bertz CT molecular complexity index is 2040. The topological polar surface area (TPSA) is 119 Å². The van der Waals surface area contributed by atoms with Crippen LogP contribution in [0.3, 0.4) is 0 Å². The third-order valence-corrected chi connectivity index (χ3v) is 8.74. The molecule has 0 spiro atoms. The maximum absolute atomic E-state index is 14.0. The molecule has 49 heavy (non-hydrogen) atoms. The van der Waals surface area contributed by atoms with Crippen LogP contribution in [0, 0.1) is 0 Å². The van der Waals surface area contributed by atoms with Crippen LogP contribution in [0.2, 0.25) is 0 Å². The molecule has 0 saturated carbocycles. The van der Waals surface area contributed by atoms with Crippen molar-refractivity contribution in [3.8, 4) is 28.4 Å². The smallest absolute Gasteiger partial charge is 0.426 e. The molecule has 0 fully saturated rings. The van der Waals surface area contributed by atoms with E-state index < -0.39 is 35.8 Å². The van der Waals surface area contributed by atoms with Crippen molar-refractivity contribution in [3.63, 3.8) is 0 Å². The van der Waals surface area contributed by atoms with Crippen molar-refractivity contribution in [3.05, 3.63) is 100 Å². The van der Waals surface area contributed by atoms with Gasteiger partial charge in [-0.15, -0.1) is 0 Å². The number of amides is 2. The van der Waals surface area contributed by atoms with Gasteiger partial charge in [0.15, 0.2) is 22.9 Å². The molecule has 7 rings (SSSR count). The number of aromatic nitrogens is 2. The van der Waals surface area contributed by atoms with Crippen LogP contribution in [-0.4, -0.2) is 34.7 Å². The molecule has 0 aliphatic heterocycles. The molecule has 9 nitrogen and oxygen atoms in total. The normalized spacial score (nSPS) is 14.2. The second-order valence-electron chi connectivity index (χ2n) is 12.1. The summed E-state index contributed by atoms with van der Waals surface area (Å²) in [6.07, 6.45) is -0.699. The van der Waals surface area contributed by atoms with E-state index in [4.69, 9.17) is 9.05 Å². The molecule has 5 aromatic rings. The lowest BCUT2D eigenvalue weighted by Gasteiger charge is -2.20. The first-order valence-corrected chi connectivity index (χ1v) is 15.9. The van der Waals surface area contributed by atoms with Crippen molar-refractivity contribution >= 4 is 23.2 Å². The van der Waals surface area contributed by atoms with Gasteiger partial charge in [0.2, 0.25) is 0 Å². The number of anilines is 2. The van der Waals surface area contributed by atoms with Gasteiger partial charge in [0.25, 0.3) is 11.8 Å². The minimum atomic E-state index is -4.87. The molecule has 0 bridgehead atoms. The number of alkyl halides is 4. The molecule has 252 valence electrons. The number of ether oxygens (including phenoxy) is 1. The van der Waals surface area contributed by atoms with Crippen molar-refractivity contribution in [2.75, 3.05) is 10.6 Å². The van der Waals surface area contributed by atoms with E-state index in [-0.39, 0.29) is 17.1 Å². The zero-order chi connectivity index (χ0) is 34.1. The highest BCUT2D eigenvalue weighted by molar-refractivity contribution is 6.06. The number of carbonyl (C=O) groups excluding carboxylic acids is 2. The molecule has 3 aromatic carbocycles. The number of halogens is 4. The number of rotatable bonds is 9. The Hall–Kier alpha value is -5.46. The van der Waals surface area contributed by atoms with Crippen LogP contribution < -0.4 is 15.4 Å². The van der Waals surface area contributed by atoms with E-state index in [9.17, 15) is 27.2 Å². The molecule has 2 heterocycles. The summed E-state index contributed by atoms with van der Waals surface area (Å²) in [6, 6.07) is 17.8. The number of nitrogens with one attached hydrogen (secondary N) is 2. The third kappa shape index (κ3) is 6.92. The van der Waals surface area contributed by atoms with Gasteiger partial charge in [0.1, 0.15) is 5.75 Å². The van der Waals surface area contributed by atoms with Crippen LogP contribution in [0.15, 0.2) is 75.8 Å². The Morgan fingerprint density at radius 3 is 1.71 bits per heavy atom. The second-order valence-corrected chi connectivity index (χ2v) is 12.1. The largest absolute Gasteiger partial charge is 0.461 e. The van der Waals surface area contributed by atoms with Crippen LogP contribution in [0.1, 0.15) is 68.9 Å². The molecule has 0 saturated heterocycles. The lowest BCUT2D eigenvalue weighted by molar-refractivity contribution is -0.252. The van der Waals surface area contributed by atoms with Gasteiger partial charge in [0.05, 0.1) is 5.69 Å². The van der Waals surface area contributed by atoms with Crippen LogP contribution in [0.4, 0.5) is 28.9 Å². The molecule has 13 heteroatoms. The predicted molar refractivity (Wildman–Crippen MR) is 171 cm³/mol. The Morgan fingerprint density at radius 1 is 0.673 bits per heavy atom. The number of hydrogen-bond donors (Lipinski definition) is 2. The van der Waals surface area contributed by atoms with E-state index in [1.807, 2.05) is 36.4 Å². The molecule has 2 aromatic heterocycles. The summed E-state index contributed by atoms with van der Waals surface area (Å²) >= 11 is 0.